The number of anilines is 1. The molecule has 8 heteroatoms. The van der Waals surface area contributed by atoms with Gasteiger partial charge in [-0.25, -0.2) is 9.97 Å². The van der Waals surface area contributed by atoms with Crippen molar-refractivity contribution in [2.45, 2.75) is 30.8 Å². The highest BCUT2D eigenvalue weighted by Gasteiger charge is 2.53. The van der Waals surface area contributed by atoms with Gasteiger partial charge in [-0.1, -0.05) is 0 Å². The Morgan fingerprint density at radius 1 is 1.50 bits per heavy atom. The molecule has 1 fully saturated rings. The van der Waals surface area contributed by atoms with Gasteiger partial charge in [0.05, 0.1) is 16.8 Å². The van der Waals surface area contributed by atoms with Gasteiger partial charge in [0.15, 0.2) is 0 Å². The van der Waals surface area contributed by atoms with Gasteiger partial charge in [0.1, 0.15) is 36.1 Å². The molecule has 3 heterocycles. The number of fused-ring (bicyclic) bond motifs is 1. The Balaban J connectivity index is 2.10. The Morgan fingerprint density at radius 3 is 2.90 bits per heavy atom. The van der Waals surface area contributed by atoms with Gasteiger partial charge < -0.3 is 25.8 Å². The molecule has 0 unspecified atom stereocenters. The number of hydrogen-bond donors (Lipinski definition) is 4. The Bertz CT molecular complexity index is 645. The van der Waals surface area contributed by atoms with E-state index >= 15 is 0 Å². The number of nitrogens with zero attached hydrogens (tertiary/aromatic N) is 2. The van der Waals surface area contributed by atoms with E-state index in [2.05, 4.69) is 9.97 Å². The summed E-state index contributed by atoms with van der Waals surface area (Å²) in [5, 5.41) is 31.5. The van der Waals surface area contributed by atoms with Crippen molar-refractivity contribution in [1.82, 2.24) is 9.97 Å². The summed E-state index contributed by atoms with van der Waals surface area (Å²) in [4.78, 5) is 8.09. The molecule has 0 bridgehead atoms. The second-order valence-electron chi connectivity index (χ2n) is 5.04. The average Bonchev–Trinajstić information content (AvgIpc) is 2.92. The number of aromatic nitrogens is 2. The molecular formula is C12H15N3O4S. The van der Waals surface area contributed by atoms with E-state index < -0.39 is 23.9 Å². The second-order valence-corrected chi connectivity index (χ2v) is 5.92. The van der Waals surface area contributed by atoms with Crippen LogP contribution in [0.1, 0.15) is 18.6 Å². The summed E-state index contributed by atoms with van der Waals surface area (Å²) in [6, 6.07) is 0. The maximum Gasteiger partial charge on any atom is 0.144 e. The zero-order chi connectivity index (χ0) is 14.5. The van der Waals surface area contributed by atoms with Gasteiger partial charge >= 0.3 is 0 Å². The molecule has 2 aromatic rings. The molecule has 4 atom stereocenters. The van der Waals surface area contributed by atoms with Crippen molar-refractivity contribution in [3.05, 3.63) is 17.3 Å². The SMILES string of the molecule is C[C@]1(O)[C@@H](c2csc3c(N)ncnc23)O[C@H](CO)[C@H]1O. The molecule has 1 aliphatic heterocycles. The van der Waals surface area contributed by atoms with Gasteiger partial charge in [-0.05, 0) is 12.3 Å². The smallest absolute Gasteiger partial charge is 0.144 e. The van der Waals surface area contributed by atoms with Crippen LogP contribution < -0.4 is 5.73 Å². The molecule has 0 amide bonds. The number of aliphatic hydroxyl groups is 3. The number of hydrogen-bond acceptors (Lipinski definition) is 8. The molecule has 0 aromatic carbocycles. The fraction of sp³-hybridized carbons (Fsp3) is 0.500. The number of rotatable bonds is 2. The molecule has 0 radical (unpaired) electrons. The van der Waals surface area contributed by atoms with E-state index in [9.17, 15) is 15.3 Å². The molecule has 108 valence electrons. The van der Waals surface area contributed by atoms with Crippen LogP contribution in [0, 0.1) is 0 Å². The Morgan fingerprint density at radius 2 is 2.25 bits per heavy atom. The van der Waals surface area contributed by atoms with E-state index in [-0.39, 0.29) is 6.61 Å². The lowest BCUT2D eigenvalue weighted by Crippen LogP contribution is -2.42. The normalized spacial score (nSPS) is 33.9. The van der Waals surface area contributed by atoms with Crippen LogP contribution in [0.15, 0.2) is 11.7 Å². The number of ether oxygens (including phenoxy) is 1. The van der Waals surface area contributed by atoms with E-state index in [1.807, 2.05) is 0 Å². The third-order valence-corrected chi connectivity index (χ3v) is 4.67. The number of thiophene rings is 1. The predicted molar refractivity (Wildman–Crippen MR) is 73.2 cm³/mol. The monoisotopic (exact) mass is 297 g/mol. The first-order valence-electron chi connectivity index (χ1n) is 6.11. The van der Waals surface area contributed by atoms with E-state index in [0.29, 0.717) is 21.6 Å². The lowest BCUT2D eigenvalue weighted by atomic mass is 9.89. The van der Waals surface area contributed by atoms with Gasteiger partial charge in [0.2, 0.25) is 0 Å². The van der Waals surface area contributed by atoms with Crippen molar-refractivity contribution in [1.29, 1.82) is 0 Å². The van der Waals surface area contributed by atoms with E-state index in [1.54, 1.807) is 5.38 Å². The second kappa shape index (κ2) is 4.61. The largest absolute Gasteiger partial charge is 0.394 e. The van der Waals surface area contributed by atoms with Crippen molar-refractivity contribution >= 4 is 27.4 Å². The van der Waals surface area contributed by atoms with Crippen LogP contribution in [0.5, 0.6) is 0 Å². The highest BCUT2D eigenvalue weighted by Crippen LogP contribution is 2.45. The van der Waals surface area contributed by atoms with Crippen molar-refractivity contribution in [2.75, 3.05) is 12.3 Å². The van der Waals surface area contributed by atoms with Crippen LogP contribution in [0.3, 0.4) is 0 Å². The molecule has 1 saturated heterocycles. The number of nitrogens with two attached hydrogens (primary N) is 1. The van der Waals surface area contributed by atoms with Crippen molar-refractivity contribution in [3.63, 3.8) is 0 Å². The fourth-order valence-electron chi connectivity index (χ4n) is 2.52. The zero-order valence-corrected chi connectivity index (χ0v) is 11.5. The fourth-order valence-corrected chi connectivity index (χ4v) is 3.46. The number of nitrogen functional groups attached to an aromatic ring is 1. The summed E-state index contributed by atoms with van der Waals surface area (Å²) in [6.45, 7) is 1.11. The lowest BCUT2D eigenvalue weighted by Gasteiger charge is -2.26. The topological polar surface area (TPSA) is 122 Å². The highest BCUT2D eigenvalue weighted by atomic mass is 32.1. The van der Waals surface area contributed by atoms with Gasteiger partial charge in [-0.2, -0.15) is 0 Å². The molecule has 1 aliphatic rings. The minimum Gasteiger partial charge on any atom is -0.394 e. The van der Waals surface area contributed by atoms with E-state index in [4.69, 9.17) is 10.5 Å². The summed E-state index contributed by atoms with van der Waals surface area (Å²) in [5.41, 5.74) is 5.50. The first-order valence-corrected chi connectivity index (χ1v) is 6.99. The lowest BCUT2D eigenvalue weighted by molar-refractivity contribution is -0.0640. The van der Waals surface area contributed by atoms with Crippen molar-refractivity contribution < 1.29 is 20.1 Å². The minimum atomic E-state index is -1.51. The first kappa shape index (κ1) is 13.7. The first-order chi connectivity index (χ1) is 9.46. The van der Waals surface area contributed by atoms with Gasteiger partial charge in [-0.15, -0.1) is 11.3 Å². The molecule has 0 saturated carbocycles. The maximum atomic E-state index is 10.5. The molecule has 2 aromatic heterocycles. The van der Waals surface area contributed by atoms with Crippen LogP contribution in [-0.2, 0) is 4.74 Å². The summed E-state index contributed by atoms with van der Waals surface area (Å²) in [5.74, 6) is 0.364. The Kier molecular flexibility index (Phi) is 3.14. The quantitative estimate of drug-likeness (QED) is 0.606. The van der Waals surface area contributed by atoms with Crippen molar-refractivity contribution in [3.8, 4) is 0 Å². The zero-order valence-electron chi connectivity index (χ0n) is 10.7. The molecule has 3 rings (SSSR count). The van der Waals surface area contributed by atoms with Crippen LogP contribution in [0.4, 0.5) is 5.82 Å². The molecule has 5 N–H and O–H groups in total. The van der Waals surface area contributed by atoms with Crippen LogP contribution in [0.2, 0.25) is 0 Å². The standard InChI is InChI=1S/C12H15N3O4S/c1-12(18)9(17)6(2-16)19-10(12)5-3-20-8-7(5)14-4-15-11(8)13/h3-4,6,9-10,16-18H,2H2,1H3,(H2,13,14,15)/t6-,9-,10-,12-/m1/s1. The minimum absolute atomic E-state index is 0.364. The van der Waals surface area contributed by atoms with Gasteiger partial charge in [0, 0.05) is 5.56 Å². The summed E-state index contributed by atoms with van der Waals surface area (Å²) in [7, 11) is 0. The third-order valence-electron chi connectivity index (χ3n) is 3.66. The van der Waals surface area contributed by atoms with E-state index in [1.165, 1.54) is 24.6 Å². The Hall–Kier alpha value is -1.32. The van der Waals surface area contributed by atoms with Crippen LogP contribution >= 0.6 is 11.3 Å². The number of aliphatic hydroxyl groups excluding tert-OH is 2. The molecule has 20 heavy (non-hydrogen) atoms. The van der Waals surface area contributed by atoms with Crippen molar-refractivity contribution in [2.24, 2.45) is 0 Å². The molecular weight excluding hydrogens is 282 g/mol. The van der Waals surface area contributed by atoms with Gasteiger partial charge in [-0.3, -0.25) is 0 Å². The highest BCUT2D eigenvalue weighted by molar-refractivity contribution is 7.17. The molecule has 0 aliphatic carbocycles. The van der Waals surface area contributed by atoms with Crippen LogP contribution in [-0.4, -0.2) is 49.7 Å². The third kappa shape index (κ3) is 1.80. The molecule has 7 nitrogen and oxygen atoms in total. The average molecular weight is 297 g/mol. The molecule has 0 spiro atoms. The predicted octanol–water partition coefficient (Wildman–Crippen LogP) is -0.182. The summed E-state index contributed by atoms with van der Waals surface area (Å²) < 4.78 is 6.30. The van der Waals surface area contributed by atoms with Crippen LogP contribution in [0.25, 0.3) is 10.2 Å². The Labute approximate surface area is 118 Å². The summed E-state index contributed by atoms with van der Waals surface area (Å²) in [6.07, 6.45) is -1.44. The van der Waals surface area contributed by atoms with Gasteiger partial charge in [0.25, 0.3) is 0 Å². The maximum absolute atomic E-state index is 10.5. The van der Waals surface area contributed by atoms with E-state index in [0.717, 1.165) is 0 Å². The summed E-state index contributed by atoms with van der Waals surface area (Å²) >= 11 is 1.35.